The molecule has 0 bridgehead atoms. The molecular formula is C24H40O5. The van der Waals surface area contributed by atoms with Crippen LogP contribution in [0, 0.1) is 0 Å². The van der Waals surface area contributed by atoms with Gasteiger partial charge < -0.3 is 19.7 Å². The molecule has 0 aliphatic heterocycles. The van der Waals surface area contributed by atoms with Gasteiger partial charge in [0, 0.05) is 11.1 Å². The van der Waals surface area contributed by atoms with E-state index in [1.807, 2.05) is 0 Å². The third kappa shape index (κ3) is 7.79. The Morgan fingerprint density at radius 3 is 1.86 bits per heavy atom. The molecule has 0 radical (unpaired) electrons. The molecule has 0 atom stereocenters. The SMILES string of the molecule is CCCCCCCCOc1c(CCC)c(CCC)c(CCC)c(O)c1OC(=O)O. The summed E-state index contributed by atoms with van der Waals surface area (Å²) in [5.74, 6) is 0.314. The smallest absolute Gasteiger partial charge is 0.504 e. The minimum absolute atomic E-state index is 0.0322. The fraction of sp³-hybridized carbons (Fsp3) is 0.708. The molecule has 0 fully saturated rings. The third-order valence-electron chi connectivity index (χ3n) is 5.14. The highest BCUT2D eigenvalue weighted by molar-refractivity contribution is 5.70. The molecule has 0 aliphatic carbocycles. The minimum Gasteiger partial charge on any atom is -0.504 e. The number of hydrogen-bond donors (Lipinski definition) is 2. The van der Waals surface area contributed by atoms with Gasteiger partial charge in [-0.3, -0.25) is 0 Å². The molecule has 5 heteroatoms. The summed E-state index contributed by atoms with van der Waals surface area (Å²) in [5.41, 5.74) is 2.91. The van der Waals surface area contributed by atoms with Gasteiger partial charge in [-0.15, -0.1) is 0 Å². The van der Waals surface area contributed by atoms with Gasteiger partial charge in [0.2, 0.25) is 5.75 Å². The predicted octanol–water partition coefficient (Wildman–Crippen LogP) is 7.05. The van der Waals surface area contributed by atoms with Gasteiger partial charge in [0.1, 0.15) is 0 Å². The summed E-state index contributed by atoms with van der Waals surface area (Å²) in [4.78, 5) is 11.3. The Kier molecular flexibility index (Phi) is 12.2. The summed E-state index contributed by atoms with van der Waals surface area (Å²) in [6, 6.07) is 0. The highest BCUT2D eigenvalue weighted by atomic mass is 16.7. The minimum atomic E-state index is -1.43. The van der Waals surface area contributed by atoms with Gasteiger partial charge in [-0.1, -0.05) is 79.1 Å². The second-order valence-corrected chi connectivity index (χ2v) is 7.68. The van der Waals surface area contributed by atoms with Gasteiger partial charge in [0.05, 0.1) is 6.61 Å². The Balaban J connectivity index is 3.23. The molecule has 1 rings (SSSR count). The standard InChI is InChI=1S/C24H40O5/c1-5-9-10-11-12-13-17-28-22-20(16-8-4)18(14-6-2)19(15-7-3)21(25)23(22)29-24(26)27/h25H,5-17H2,1-4H3,(H,26,27). The molecule has 0 saturated carbocycles. The maximum Gasteiger partial charge on any atom is 0.511 e. The molecule has 1 aromatic carbocycles. The summed E-state index contributed by atoms with van der Waals surface area (Å²) in [6.45, 7) is 8.95. The van der Waals surface area contributed by atoms with E-state index >= 15 is 0 Å². The van der Waals surface area contributed by atoms with Crippen LogP contribution in [0.25, 0.3) is 0 Å². The summed E-state index contributed by atoms with van der Waals surface area (Å²) < 4.78 is 11.1. The second-order valence-electron chi connectivity index (χ2n) is 7.68. The lowest BCUT2D eigenvalue weighted by atomic mass is 9.90. The quantitative estimate of drug-likeness (QED) is 0.185. The zero-order valence-corrected chi connectivity index (χ0v) is 18.8. The Labute approximate surface area is 176 Å². The number of hydrogen-bond acceptors (Lipinski definition) is 4. The molecule has 0 saturated heterocycles. The van der Waals surface area contributed by atoms with E-state index in [4.69, 9.17) is 9.47 Å². The number of ether oxygens (including phenoxy) is 2. The van der Waals surface area contributed by atoms with Crippen molar-refractivity contribution in [2.75, 3.05) is 6.61 Å². The number of phenols is 1. The number of unbranched alkanes of at least 4 members (excludes halogenated alkanes) is 5. The van der Waals surface area contributed by atoms with E-state index in [0.717, 1.165) is 61.6 Å². The first-order valence-electron chi connectivity index (χ1n) is 11.4. The van der Waals surface area contributed by atoms with Gasteiger partial charge >= 0.3 is 6.16 Å². The average molecular weight is 409 g/mol. The maximum atomic E-state index is 11.3. The predicted molar refractivity (Wildman–Crippen MR) is 118 cm³/mol. The van der Waals surface area contributed by atoms with E-state index in [-0.39, 0.29) is 11.5 Å². The molecule has 29 heavy (non-hydrogen) atoms. The molecule has 2 N–H and O–H groups in total. The molecule has 0 heterocycles. The van der Waals surface area contributed by atoms with E-state index in [1.165, 1.54) is 25.7 Å². The highest BCUT2D eigenvalue weighted by Gasteiger charge is 2.26. The molecule has 0 amide bonds. The Bertz CT molecular complexity index is 624. The zero-order valence-electron chi connectivity index (χ0n) is 18.8. The zero-order chi connectivity index (χ0) is 21.6. The Hall–Kier alpha value is -1.91. The summed E-state index contributed by atoms with van der Waals surface area (Å²) in [7, 11) is 0. The van der Waals surface area contributed by atoms with Gasteiger partial charge in [0.25, 0.3) is 0 Å². The van der Waals surface area contributed by atoms with Crippen LogP contribution in [0.1, 0.15) is 102 Å². The van der Waals surface area contributed by atoms with Crippen LogP contribution in [0.2, 0.25) is 0 Å². The molecule has 0 aromatic heterocycles. The van der Waals surface area contributed by atoms with Crippen LogP contribution in [0.4, 0.5) is 4.79 Å². The van der Waals surface area contributed by atoms with Crippen molar-refractivity contribution in [1.82, 2.24) is 0 Å². The largest absolute Gasteiger partial charge is 0.511 e. The lowest BCUT2D eigenvalue weighted by Gasteiger charge is -2.23. The fourth-order valence-corrected chi connectivity index (χ4v) is 3.82. The molecule has 166 valence electrons. The van der Waals surface area contributed by atoms with E-state index in [0.29, 0.717) is 18.8 Å². The highest BCUT2D eigenvalue weighted by Crippen LogP contribution is 2.46. The van der Waals surface area contributed by atoms with Crippen molar-refractivity contribution < 1.29 is 24.5 Å². The van der Waals surface area contributed by atoms with E-state index in [9.17, 15) is 15.0 Å². The van der Waals surface area contributed by atoms with Crippen LogP contribution >= 0.6 is 0 Å². The molecule has 1 aromatic rings. The van der Waals surface area contributed by atoms with Crippen molar-refractivity contribution >= 4 is 6.16 Å². The fourth-order valence-electron chi connectivity index (χ4n) is 3.82. The van der Waals surface area contributed by atoms with Gasteiger partial charge in [-0.25, -0.2) is 4.79 Å². The van der Waals surface area contributed by atoms with Crippen LogP contribution in [0.5, 0.6) is 17.2 Å². The van der Waals surface area contributed by atoms with E-state index in [2.05, 4.69) is 27.7 Å². The van der Waals surface area contributed by atoms with Crippen LogP contribution in [-0.4, -0.2) is 23.0 Å². The molecule has 5 nitrogen and oxygen atoms in total. The van der Waals surface area contributed by atoms with Gasteiger partial charge in [-0.05, 0) is 31.2 Å². The van der Waals surface area contributed by atoms with Gasteiger partial charge in [-0.2, -0.15) is 0 Å². The van der Waals surface area contributed by atoms with Crippen molar-refractivity contribution in [2.45, 2.75) is 105 Å². The van der Waals surface area contributed by atoms with Crippen LogP contribution in [0.15, 0.2) is 0 Å². The number of phenolic OH excluding ortho intramolecular Hbond substituents is 1. The first-order valence-corrected chi connectivity index (χ1v) is 11.4. The van der Waals surface area contributed by atoms with Crippen molar-refractivity contribution in [3.05, 3.63) is 16.7 Å². The number of carboxylic acid groups (broad SMARTS) is 1. The number of rotatable bonds is 15. The average Bonchev–Trinajstić information content (AvgIpc) is 2.69. The van der Waals surface area contributed by atoms with Crippen molar-refractivity contribution in [2.24, 2.45) is 0 Å². The lowest BCUT2D eigenvalue weighted by Crippen LogP contribution is -2.12. The lowest BCUT2D eigenvalue weighted by molar-refractivity contribution is 0.140. The topological polar surface area (TPSA) is 76.0 Å². The van der Waals surface area contributed by atoms with Crippen molar-refractivity contribution in [1.29, 1.82) is 0 Å². The summed E-state index contributed by atoms with van der Waals surface area (Å²) in [6.07, 6.45) is 10.5. The van der Waals surface area contributed by atoms with Crippen LogP contribution < -0.4 is 9.47 Å². The second kappa shape index (κ2) is 14.1. The van der Waals surface area contributed by atoms with E-state index in [1.54, 1.807) is 0 Å². The Morgan fingerprint density at radius 2 is 1.28 bits per heavy atom. The van der Waals surface area contributed by atoms with Crippen molar-refractivity contribution in [3.8, 4) is 17.2 Å². The molecule has 0 aliphatic rings. The first kappa shape index (κ1) is 25.1. The summed E-state index contributed by atoms with van der Waals surface area (Å²) in [5, 5.41) is 20.1. The van der Waals surface area contributed by atoms with Crippen LogP contribution in [0.3, 0.4) is 0 Å². The normalized spacial score (nSPS) is 10.9. The first-order chi connectivity index (χ1) is 14.0. The third-order valence-corrected chi connectivity index (χ3v) is 5.14. The van der Waals surface area contributed by atoms with Crippen LogP contribution in [-0.2, 0) is 19.3 Å². The number of aromatic hydroxyl groups is 1. The maximum absolute atomic E-state index is 11.3. The van der Waals surface area contributed by atoms with Crippen molar-refractivity contribution in [3.63, 3.8) is 0 Å². The van der Waals surface area contributed by atoms with E-state index < -0.39 is 6.16 Å². The number of carbonyl (C=O) groups is 1. The molecule has 0 unspecified atom stereocenters. The van der Waals surface area contributed by atoms with Gasteiger partial charge in [0.15, 0.2) is 11.5 Å². The molecule has 0 spiro atoms. The Morgan fingerprint density at radius 1 is 0.724 bits per heavy atom. The summed E-state index contributed by atoms with van der Waals surface area (Å²) >= 11 is 0. The molecular weight excluding hydrogens is 368 g/mol. The monoisotopic (exact) mass is 408 g/mol. The number of benzene rings is 1.